The summed E-state index contributed by atoms with van der Waals surface area (Å²) in [6.07, 6.45) is 1.75. The molecule has 3 aromatic rings. The van der Waals surface area contributed by atoms with Crippen LogP contribution in [-0.4, -0.2) is 15.5 Å². The van der Waals surface area contributed by atoms with Gasteiger partial charge in [0.1, 0.15) is 0 Å². The molecule has 3 rings (SSSR count). The Hall–Kier alpha value is -2.82. The first kappa shape index (κ1) is 12.2. The first-order chi connectivity index (χ1) is 9.63. The van der Waals surface area contributed by atoms with E-state index < -0.39 is 0 Å². The fraction of sp³-hybridized carbons (Fsp3) is 0.0667. The van der Waals surface area contributed by atoms with Crippen LogP contribution >= 0.6 is 0 Å². The average molecular weight is 266 g/mol. The van der Waals surface area contributed by atoms with Crippen LogP contribution in [0.5, 0.6) is 0 Å². The lowest BCUT2D eigenvalue weighted by Crippen LogP contribution is -2.11. The first-order valence-electron chi connectivity index (χ1n) is 6.21. The zero-order valence-electron chi connectivity index (χ0n) is 11.0. The Morgan fingerprint density at radius 3 is 2.70 bits per heavy atom. The third-order valence-corrected chi connectivity index (χ3v) is 3.16. The summed E-state index contributed by atoms with van der Waals surface area (Å²) in [6, 6.07) is 12.5. The molecule has 0 saturated carbocycles. The Labute approximate surface area is 116 Å². The molecule has 100 valence electrons. The number of hydrogen-bond donors (Lipinski definition) is 2. The van der Waals surface area contributed by atoms with Crippen molar-refractivity contribution in [1.29, 1.82) is 0 Å². The number of aryl methyl sites for hydroxylation is 1. The molecular weight excluding hydrogens is 252 g/mol. The molecule has 0 aliphatic heterocycles. The minimum atomic E-state index is -0.166. The standard InChI is InChI=1S/C15H14N4O/c1-19-9-17-13-8-12(6-7-14(13)19)18-15(20)10-2-4-11(16)5-3-10/h2-9H,16H2,1H3,(H,18,20). The molecule has 3 N–H and O–H groups in total. The maximum atomic E-state index is 12.1. The molecule has 0 bridgehead atoms. The van der Waals surface area contributed by atoms with Crippen molar-refractivity contribution in [1.82, 2.24) is 9.55 Å². The molecule has 1 heterocycles. The summed E-state index contributed by atoms with van der Waals surface area (Å²) in [4.78, 5) is 16.4. The van der Waals surface area contributed by atoms with Crippen LogP contribution in [0, 0.1) is 0 Å². The molecule has 0 aliphatic rings. The minimum Gasteiger partial charge on any atom is -0.399 e. The molecule has 0 radical (unpaired) electrons. The van der Waals surface area contributed by atoms with E-state index in [1.54, 1.807) is 30.6 Å². The lowest BCUT2D eigenvalue weighted by Gasteiger charge is -2.06. The number of anilines is 2. The Balaban J connectivity index is 1.85. The van der Waals surface area contributed by atoms with Gasteiger partial charge in [-0.1, -0.05) is 0 Å². The molecule has 20 heavy (non-hydrogen) atoms. The van der Waals surface area contributed by atoms with Crippen LogP contribution in [0.4, 0.5) is 11.4 Å². The normalized spacial score (nSPS) is 10.7. The summed E-state index contributed by atoms with van der Waals surface area (Å²) in [6.45, 7) is 0. The van der Waals surface area contributed by atoms with Gasteiger partial charge < -0.3 is 15.6 Å². The average Bonchev–Trinajstić information content (AvgIpc) is 2.81. The highest BCUT2D eigenvalue weighted by Gasteiger charge is 2.07. The Kier molecular flexibility index (Phi) is 2.87. The third-order valence-electron chi connectivity index (χ3n) is 3.16. The van der Waals surface area contributed by atoms with Crippen molar-refractivity contribution >= 4 is 28.3 Å². The van der Waals surface area contributed by atoms with Crippen molar-refractivity contribution in [3.05, 3.63) is 54.4 Å². The van der Waals surface area contributed by atoms with Gasteiger partial charge in [0.05, 0.1) is 17.4 Å². The molecule has 0 spiro atoms. The summed E-state index contributed by atoms with van der Waals surface area (Å²) in [5.41, 5.74) is 9.40. The van der Waals surface area contributed by atoms with Crippen molar-refractivity contribution in [3.8, 4) is 0 Å². The number of fused-ring (bicyclic) bond motifs is 1. The molecule has 5 nitrogen and oxygen atoms in total. The smallest absolute Gasteiger partial charge is 0.255 e. The van der Waals surface area contributed by atoms with Crippen LogP contribution in [-0.2, 0) is 7.05 Å². The van der Waals surface area contributed by atoms with Crippen LogP contribution < -0.4 is 11.1 Å². The van der Waals surface area contributed by atoms with Crippen molar-refractivity contribution in [3.63, 3.8) is 0 Å². The predicted octanol–water partition coefficient (Wildman–Crippen LogP) is 2.41. The molecule has 0 saturated heterocycles. The number of nitrogens with two attached hydrogens (primary N) is 1. The van der Waals surface area contributed by atoms with Gasteiger partial charge in [0.15, 0.2) is 0 Å². The maximum Gasteiger partial charge on any atom is 0.255 e. The molecular formula is C15H14N4O. The summed E-state index contributed by atoms with van der Waals surface area (Å²) in [5, 5.41) is 2.85. The number of rotatable bonds is 2. The van der Waals surface area contributed by atoms with Gasteiger partial charge in [0.2, 0.25) is 0 Å². The third kappa shape index (κ3) is 2.21. The largest absolute Gasteiger partial charge is 0.399 e. The van der Waals surface area contributed by atoms with Crippen LogP contribution in [0.15, 0.2) is 48.8 Å². The molecule has 0 aliphatic carbocycles. The van der Waals surface area contributed by atoms with E-state index in [4.69, 9.17) is 5.73 Å². The number of nitrogens with zero attached hydrogens (tertiary/aromatic N) is 2. The van der Waals surface area contributed by atoms with Crippen LogP contribution in [0.2, 0.25) is 0 Å². The van der Waals surface area contributed by atoms with E-state index in [-0.39, 0.29) is 5.91 Å². The quantitative estimate of drug-likeness (QED) is 0.699. The SMILES string of the molecule is Cn1cnc2cc(NC(=O)c3ccc(N)cc3)ccc21. The predicted molar refractivity (Wildman–Crippen MR) is 79.5 cm³/mol. The van der Waals surface area contributed by atoms with Crippen molar-refractivity contribution in [2.75, 3.05) is 11.1 Å². The van der Waals surface area contributed by atoms with Crippen LogP contribution in [0.3, 0.4) is 0 Å². The van der Waals surface area contributed by atoms with Crippen molar-refractivity contribution in [2.24, 2.45) is 7.05 Å². The lowest BCUT2D eigenvalue weighted by atomic mass is 10.2. The summed E-state index contributed by atoms with van der Waals surface area (Å²) < 4.78 is 1.93. The summed E-state index contributed by atoms with van der Waals surface area (Å²) in [7, 11) is 1.93. The van der Waals surface area contributed by atoms with Crippen LogP contribution in [0.25, 0.3) is 11.0 Å². The van der Waals surface area contributed by atoms with Gasteiger partial charge in [-0.3, -0.25) is 4.79 Å². The molecule has 0 atom stereocenters. The number of amides is 1. The fourth-order valence-corrected chi connectivity index (χ4v) is 2.05. The molecule has 0 fully saturated rings. The highest BCUT2D eigenvalue weighted by Crippen LogP contribution is 2.18. The van der Waals surface area contributed by atoms with Crippen molar-refractivity contribution in [2.45, 2.75) is 0 Å². The fourth-order valence-electron chi connectivity index (χ4n) is 2.05. The van der Waals surface area contributed by atoms with Gasteiger partial charge in [-0.05, 0) is 42.5 Å². The van der Waals surface area contributed by atoms with Gasteiger partial charge in [0.25, 0.3) is 5.91 Å². The zero-order valence-corrected chi connectivity index (χ0v) is 11.0. The maximum absolute atomic E-state index is 12.1. The molecule has 0 unspecified atom stereocenters. The number of imidazole rings is 1. The number of nitrogen functional groups attached to an aromatic ring is 1. The van der Waals surface area contributed by atoms with Crippen molar-refractivity contribution < 1.29 is 4.79 Å². The monoisotopic (exact) mass is 266 g/mol. The Bertz CT molecular complexity index is 774. The number of hydrogen-bond acceptors (Lipinski definition) is 3. The number of nitrogens with one attached hydrogen (secondary N) is 1. The number of benzene rings is 2. The topological polar surface area (TPSA) is 72.9 Å². The second-order valence-corrected chi connectivity index (χ2v) is 4.64. The number of carbonyl (C=O) groups is 1. The van der Waals surface area contributed by atoms with E-state index in [1.807, 2.05) is 29.8 Å². The number of aromatic nitrogens is 2. The Morgan fingerprint density at radius 2 is 1.95 bits per heavy atom. The van der Waals surface area contributed by atoms with Gasteiger partial charge in [-0.15, -0.1) is 0 Å². The second-order valence-electron chi connectivity index (χ2n) is 4.64. The minimum absolute atomic E-state index is 0.166. The van der Waals surface area contributed by atoms with E-state index in [1.165, 1.54) is 0 Å². The number of carbonyl (C=O) groups excluding carboxylic acids is 1. The van der Waals surface area contributed by atoms with Gasteiger partial charge in [-0.2, -0.15) is 0 Å². The summed E-state index contributed by atoms with van der Waals surface area (Å²) in [5.74, 6) is -0.166. The first-order valence-corrected chi connectivity index (χ1v) is 6.21. The Morgan fingerprint density at radius 1 is 1.20 bits per heavy atom. The molecule has 1 aromatic heterocycles. The zero-order chi connectivity index (χ0) is 14.1. The van der Waals surface area contributed by atoms with Gasteiger partial charge in [0, 0.05) is 24.0 Å². The highest BCUT2D eigenvalue weighted by molar-refractivity contribution is 6.05. The molecule has 1 amide bonds. The van der Waals surface area contributed by atoms with Gasteiger partial charge in [-0.25, -0.2) is 4.98 Å². The van der Waals surface area contributed by atoms with E-state index in [0.29, 0.717) is 11.3 Å². The summed E-state index contributed by atoms with van der Waals surface area (Å²) >= 11 is 0. The van der Waals surface area contributed by atoms with Crippen LogP contribution in [0.1, 0.15) is 10.4 Å². The van der Waals surface area contributed by atoms with E-state index in [2.05, 4.69) is 10.3 Å². The second kappa shape index (κ2) is 4.70. The molecule has 5 heteroatoms. The van der Waals surface area contributed by atoms with E-state index in [9.17, 15) is 4.79 Å². The molecule has 2 aromatic carbocycles. The van der Waals surface area contributed by atoms with E-state index >= 15 is 0 Å². The lowest BCUT2D eigenvalue weighted by molar-refractivity contribution is 0.102. The van der Waals surface area contributed by atoms with E-state index in [0.717, 1.165) is 16.7 Å². The van der Waals surface area contributed by atoms with Gasteiger partial charge >= 0.3 is 0 Å². The highest BCUT2D eigenvalue weighted by atomic mass is 16.1.